The van der Waals surface area contributed by atoms with Crippen molar-refractivity contribution in [1.82, 2.24) is 5.32 Å². The molecule has 1 aliphatic rings. The first-order valence-electron chi connectivity index (χ1n) is 6.64. The first-order valence-corrected chi connectivity index (χ1v) is 6.64. The normalized spacial score (nSPS) is 18.2. The van der Waals surface area contributed by atoms with Crippen LogP contribution in [0.2, 0.25) is 0 Å². The van der Waals surface area contributed by atoms with Gasteiger partial charge in [-0.25, -0.2) is 4.39 Å². The average molecular weight is 283 g/mol. The van der Waals surface area contributed by atoms with E-state index in [0.717, 1.165) is 25.5 Å². The topological polar surface area (TPSA) is 78.6 Å². The predicted molar refractivity (Wildman–Crippen MR) is 73.4 cm³/mol. The molecule has 2 N–H and O–H groups in total. The summed E-state index contributed by atoms with van der Waals surface area (Å²) in [6, 6.07) is 3.77. The third-order valence-electron chi connectivity index (χ3n) is 3.42. The molecule has 1 atom stereocenters. The summed E-state index contributed by atoms with van der Waals surface area (Å²) in [7, 11) is 0. The molecule has 1 fully saturated rings. The molecule has 6 nitrogen and oxygen atoms in total. The fraction of sp³-hybridized carbons (Fsp3) is 0.538. The number of aliphatic hydroxyl groups is 1. The number of aliphatic hydroxyl groups excluding tert-OH is 1. The number of non-ortho nitro benzene ring substituents is 1. The number of halogens is 1. The molecule has 1 unspecified atom stereocenters. The molecule has 0 amide bonds. The van der Waals surface area contributed by atoms with E-state index in [9.17, 15) is 14.5 Å². The summed E-state index contributed by atoms with van der Waals surface area (Å²) in [6.45, 7) is 1.78. The Morgan fingerprint density at radius 3 is 2.90 bits per heavy atom. The summed E-state index contributed by atoms with van der Waals surface area (Å²) in [5, 5.41) is 23.2. The lowest BCUT2D eigenvalue weighted by atomic mass is 10.2. The molecule has 2 rings (SSSR count). The van der Waals surface area contributed by atoms with Gasteiger partial charge < -0.3 is 15.3 Å². The Balaban J connectivity index is 2.20. The minimum Gasteiger partial charge on any atom is -0.395 e. The molecular formula is C13H18FN3O3. The third-order valence-corrected chi connectivity index (χ3v) is 3.42. The lowest BCUT2D eigenvalue weighted by Crippen LogP contribution is -2.39. The summed E-state index contributed by atoms with van der Waals surface area (Å²) >= 11 is 0. The number of nitrogens with one attached hydrogen (secondary N) is 1. The van der Waals surface area contributed by atoms with Crippen molar-refractivity contribution in [2.24, 2.45) is 0 Å². The second kappa shape index (κ2) is 6.62. The second-order valence-electron chi connectivity index (χ2n) is 4.89. The predicted octanol–water partition coefficient (Wildman–Crippen LogP) is 1.28. The van der Waals surface area contributed by atoms with Gasteiger partial charge in [-0.3, -0.25) is 10.1 Å². The first kappa shape index (κ1) is 14.7. The minimum atomic E-state index is -0.642. The zero-order chi connectivity index (χ0) is 14.5. The van der Waals surface area contributed by atoms with Crippen molar-refractivity contribution in [3.05, 3.63) is 34.1 Å². The number of benzene rings is 1. The van der Waals surface area contributed by atoms with Crippen LogP contribution in [0.4, 0.5) is 15.8 Å². The molecular weight excluding hydrogens is 265 g/mol. The van der Waals surface area contributed by atoms with E-state index < -0.39 is 10.7 Å². The maximum absolute atomic E-state index is 13.5. The van der Waals surface area contributed by atoms with Gasteiger partial charge in [0.1, 0.15) is 5.82 Å². The summed E-state index contributed by atoms with van der Waals surface area (Å²) in [5.41, 5.74) is 0.154. The Kier molecular flexibility index (Phi) is 4.86. The summed E-state index contributed by atoms with van der Waals surface area (Å²) < 4.78 is 13.5. The molecule has 7 heteroatoms. The van der Waals surface area contributed by atoms with Gasteiger partial charge in [-0.2, -0.15) is 0 Å². The van der Waals surface area contributed by atoms with E-state index in [1.807, 2.05) is 0 Å². The van der Waals surface area contributed by atoms with Crippen LogP contribution in [-0.2, 0) is 0 Å². The van der Waals surface area contributed by atoms with Crippen LogP contribution in [0.15, 0.2) is 18.2 Å². The Hall–Kier alpha value is -1.73. The number of hydrogen-bond donors (Lipinski definition) is 2. The fourth-order valence-corrected chi connectivity index (χ4v) is 2.47. The van der Waals surface area contributed by atoms with E-state index in [1.54, 1.807) is 4.90 Å². The van der Waals surface area contributed by atoms with Crippen molar-refractivity contribution in [2.75, 3.05) is 31.1 Å². The minimum absolute atomic E-state index is 0.0863. The lowest BCUT2D eigenvalue weighted by Gasteiger charge is -2.27. The van der Waals surface area contributed by atoms with E-state index in [0.29, 0.717) is 18.8 Å². The van der Waals surface area contributed by atoms with Gasteiger partial charge in [-0.1, -0.05) is 0 Å². The van der Waals surface area contributed by atoms with Crippen LogP contribution in [0.25, 0.3) is 0 Å². The number of rotatable bonds is 6. The van der Waals surface area contributed by atoms with Crippen LogP contribution < -0.4 is 10.2 Å². The van der Waals surface area contributed by atoms with Gasteiger partial charge in [0.05, 0.1) is 17.6 Å². The Morgan fingerprint density at radius 1 is 1.50 bits per heavy atom. The van der Waals surface area contributed by atoms with E-state index in [2.05, 4.69) is 5.32 Å². The number of nitrogens with zero attached hydrogens (tertiary/aromatic N) is 2. The van der Waals surface area contributed by atoms with Gasteiger partial charge in [0.15, 0.2) is 0 Å². The van der Waals surface area contributed by atoms with Crippen molar-refractivity contribution in [1.29, 1.82) is 0 Å². The number of nitro benzene ring substituents is 1. The third kappa shape index (κ3) is 3.64. The van der Waals surface area contributed by atoms with E-state index >= 15 is 0 Å². The van der Waals surface area contributed by atoms with Crippen LogP contribution in [-0.4, -0.2) is 42.3 Å². The van der Waals surface area contributed by atoms with Gasteiger partial charge in [-0.15, -0.1) is 0 Å². The molecule has 110 valence electrons. The SMILES string of the molecule is O=[N+]([O-])c1cc(F)cc(N(CCO)CC2CCCN2)c1. The maximum atomic E-state index is 13.5. The largest absolute Gasteiger partial charge is 0.395 e. The molecule has 1 aromatic rings. The highest BCUT2D eigenvalue weighted by Gasteiger charge is 2.20. The molecule has 0 radical (unpaired) electrons. The van der Waals surface area contributed by atoms with Crippen LogP contribution in [0.1, 0.15) is 12.8 Å². The van der Waals surface area contributed by atoms with Gasteiger partial charge in [0.2, 0.25) is 0 Å². The van der Waals surface area contributed by atoms with Gasteiger partial charge in [-0.05, 0) is 25.5 Å². The Morgan fingerprint density at radius 2 is 2.30 bits per heavy atom. The molecule has 0 aliphatic carbocycles. The van der Waals surface area contributed by atoms with Crippen molar-refractivity contribution in [2.45, 2.75) is 18.9 Å². The number of anilines is 1. The quantitative estimate of drug-likeness (QED) is 0.607. The Labute approximate surface area is 116 Å². The highest BCUT2D eigenvalue weighted by Crippen LogP contribution is 2.24. The van der Waals surface area contributed by atoms with Crippen molar-refractivity contribution >= 4 is 11.4 Å². The van der Waals surface area contributed by atoms with E-state index in [-0.39, 0.29) is 18.3 Å². The molecule has 0 spiro atoms. The van der Waals surface area contributed by atoms with Gasteiger partial charge in [0.25, 0.3) is 5.69 Å². The highest BCUT2D eigenvalue weighted by atomic mass is 19.1. The molecule has 0 bridgehead atoms. The molecule has 1 aromatic carbocycles. The van der Waals surface area contributed by atoms with E-state index in [1.165, 1.54) is 12.1 Å². The fourth-order valence-electron chi connectivity index (χ4n) is 2.47. The van der Waals surface area contributed by atoms with E-state index in [4.69, 9.17) is 5.11 Å². The summed E-state index contributed by atoms with van der Waals surface area (Å²) in [4.78, 5) is 12.0. The highest BCUT2D eigenvalue weighted by molar-refractivity contribution is 5.53. The van der Waals surface area contributed by atoms with Crippen molar-refractivity contribution in [3.8, 4) is 0 Å². The molecule has 0 aromatic heterocycles. The van der Waals surface area contributed by atoms with Crippen LogP contribution in [0, 0.1) is 15.9 Å². The van der Waals surface area contributed by atoms with Crippen LogP contribution >= 0.6 is 0 Å². The zero-order valence-corrected chi connectivity index (χ0v) is 11.1. The average Bonchev–Trinajstić information content (AvgIpc) is 2.90. The second-order valence-corrected chi connectivity index (χ2v) is 4.89. The molecule has 1 aliphatic heterocycles. The summed E-state index contributed by atoms with van der Waals surface area (Å²) in [5.74, 6) is -0.642. The van der Waals surface area contributed by atoms with Crippen LogP contribution in [0.5, 0.6) is 0 Å². The van der Waals surface area contributed by atoms with Crippen molar-refractivity contribution in [3.63, 3.8) is 0 Å². The number of hydrogen-bond acceptors (Lipinski definition) is 5. The zero-order valence-electron chi connectivity index (χ0n) is 11.1. The van der Waals surface area contributed by atoms with Gasteiger partial charge >= 0.3 is 0 Å². The smallest absolute Gasteiger partial charge is 0.274 e. The summed E-state index contributed by atoms with van der Waals surface area (Å²) in [6.07, 6.45) is 2.10. The first-order chi connectivity index (χ1) is 9.60. The molecule has 1 heterocycles. The number of nitro groups is 1. The maximum Gasteiger partial charge on any atom is 0.274 e. The Bertz CT molecular complexity index is 478. The monoisotopic (exact) mass is 283 g/mol. The van der Waals surface area contributed by atoms with Gasteiger partial charge in [0, 0.05) is 30.9 Å². The van der Waals surface area contributed by atoms with Crippen LogP contribution in [0.3, 0.4) is 0 Å². The van der Waals surface area contributed by atoms with Crippen molar-refractivity contribution < 1.29 is 14.4 Å². The molecule has 1 saturated heterocycles. The molecule has 0 saturated carbocycles. The standard InChI is InChI=1S/C13H18FN3O3/c14-10-6-12(8-13(7-10)17(19)20)16(4-5-18)9-11-2-1-3-15-11/h6-8,11,15,18H,1-5,9H2. The lowest BCUT2D eigenvalue weighted by molar-refractivity contribution is -0.385. The molecule has 20 heavy (non-hydrogen) atoms.